The number of nitro benzene ring substituents is 1. The molecule has 3 aromatic rings. The Kier molecular flexibility index (Phi) is 4.80. The van der Waals surface area contributed by atoms with E-state index in [-0.39, 0.29) is 11.3 Å². The predicted octanol–water partition coefficient (Wildman–Crippen LogP) is 2.83. The molecule has 3 rings (SSSR count). The Morgan fingerprint density at radius 3 is 2.48 bits per heavy atom. The van der Waals surface area contributed by atoms with Crippen molar-refractivity contribution in [2.45, 2.75) is 13.8 Å². The van der Waals surface area contributed by atoms with E-state index in [1.54, 1.807) is 13.0 Å². The van der Waals surface area contributed by atoms with Crippen LogP contribution in [0, 0.1) is 24.0 Å². The maximum absolute atomic E-state index is 12.6. The molecule has 0 spiro atoms. The first kappa shape index (κ1) is 18.0. The van der Waals surface area contributed by atoms with Crippen LogP contribution in [0.4, 0.5) is 5.69 Å². The third-order valence-corrected chi connectivity index (χ3v) is 3.95. The molecule has 136 valence electrons. The molecule has 8 heteroatoms. The van der Waals surface area contributed by atoms with Crippen LogP contribution in [0.5, 0.6) is 0 Å². The van der Waals surface area contributed by atoms with E-state index < -0.39 is 16.7 Å². The fraction of sp³-hybridized carbons (Fsp3) is 0.105. The molecule has 0 aliphatic heterocycles. The Morgan fingerprint density at radius 2 is 1.74 bits per heavy atom. The van der Waals surface area contributed by atoms with Crippen molar-refractivity contribution in [3.05, 3.63) is 81.0 Å². The van der Waals surface area contributed by atoms with Crippen molar-refractivity contribution in [3.63, 3.8) is 0 Å². The van der Waals surface area contributed by atoms with E-state index in [0.29, 0.717) is 22.2 Å². The summed E-state index contributed by atoms with van der Waals surface area (Å²) in [6, 6.07) is 12.5. The van der Waals surface area contributed by atoms with E-state index in [2.05, 4.69) is 15.8 Å². The van der Waals surface area contributed by atoms with Gasteiger partial charge in [-0.15, -0.1) is 0 Å². The predicted molar refractivity (Wildman–Crippen MR) is 99.2 cm³/mol. The Labute approximate surface area is 154 Å². The number of non-ortho nitro benzene ring substituents is 1. The highest BCUT2D eigenvalue weighted by Gasteiger charge is 2.15. The normalized spacial score (nSPS) is 10.4. The lowest BCUT2D eigenvalue weighted by molar-refractivity contribution is -0.384. The molecule has 0 unspecified atom stereocenters. The van der Waals surface area contributed by atoms with Crippen LogP contribution < -0.4 is 10.9 Å². The number of carbonyl (C=O) groups excluding carboxylic acids is 2. The zero-order chi connectivity index (χ0) is 19.6. The third kappa shape index (κ3) is 3.90. The quantitative estimate of drug-likeness (QED) is 0.548. The zero-order valence-electron chi connectivity index (χ0n) is 14.6. The molecule has 2 aromatic carbocycles. The fourth-order valence-corrected chi connectivity index (χ4v) is 2.67. The Balaban J connectivity index is 1.81. The Morgan fingerprint density at radius 1 is 1.00 bits per heavy atom. The highest BCUT2D eigenvalue weighted by atomic mass is 16.6. The highest BCUT2D eigenvalue weighted by molar-refractivity contribution is 6.07. The minimum atomic E-state index is -0.654. The van der Waals surface area contributed by atoms with E-state index in [4.69, 9.17) is 0 Å². The van der Waals surface area contributed by atoms with Gasteiger partial charge >= 0.3 is 0 Å². The van der Waals surface area contributed by atoms with Crippen molar-refractivity contribution in [2.75, 3.05) is 0 Å². The summed E-state index contributed by atoms with van der Waals surface area (Å²) in [7, 11) is 0. The molecule has 0 aliphatic rings. The van der Waals surface area contributed by atoms with Crippen LogP contribution in [0.25, 0.3) is 10.9 Å². The molecule has 2 N–H and O–H groups in total. The average Bonchev–Trinajstić information content (AvgIpc) is 2.65. The van der Waals surface area contributed by atoms with Crippen LogP contribution in [0.15, 0.2) is 48.5 Å². The number of aromatic nitrogens is 1. The smallest absolute Gasteiger partial charge is 0.267 e. The van der Waals surface area contributed by atoms with Crippen LogP contribution in [-0.4, -0.2) is 21.7 Å². The monoisotopic (exact) mass is 364 g/mol. The van der Waals surface area contributed by atoms with Crippen molar-refractivity contribution < 1.29 is 14.5 Å². The summed E-state index contributed by atoms with van der Waals surface area (Å²) in [6.07, 6.45) is 0. The first-order valence-corrected chi connectivity index (χ1v) is 8.08. The number of nitro groups is 1. The summed E-state index contributed by atoms with van der Waals surface area (Å²) in [5.74, 6) is -1.16. The lowest BCUT2D eigenvalue weighted by atomic mass is 10.0. The molecule has 8 nitrogen and oxygen atoms in total. The minimum Gasteiger partial charge on any atom is -0.267 e. The van der Waals surface area contributed by atoms with E-state index >= 15 is 0 Å². The number of fused-ring (bicyclic) bond motifs is 1. The van der Waals surface area contributed by atoms with Crippen LogP contribution in [-0.2, 0) is 0 Å². The van der Waals surface area contributed by atoms with Gasteiger partial charge in [0.25, 0.3) is 17.5 Å². The number of amides is 2. The molecule has 2 amide bonds. The van der Waals surface area contributed by atoms with Crippen molar-refractivity contribution in [3.8, 4) is 0 Å². The second-order valence-electron chi connectivity index (χ2n) is 6.05. The molecule has 1 aromatic heterocycles. The zero-order valence-corrected chi connectivity index (χ0v) is 14.6. The minimum absolute atomic E-state index is 0.0658. The maximum atomic E-state index is 12.6. The van der Waals surface area contributed by atoms with Gasteiger partial charge in [-0.2, -0.15) is 0 Å². The van der Waals surface area contributed by atoms with Gasteiger partial charge in [-0.25, -0.2) is 0 Å². The van der Waals surface area contributed by atoms with Gasteiger partial charge in [0.2, 0.25) is 0 Å². The van der Waals surface area contributed by atoms with Crippen molar-refractivity contribution in [2.24, 2.45) is 0 Å². The number of hydrogen-bond acceptors (Lipinski definition) is 5. The van der Waals surface area contributed by atoms with E-state index in [1.807, 2.05) is 25.1 Å². The molecule has 1 heterocycles. The number of nitrogens with one attached hydrogen (secondary N) is 2. The molecular formula is C19H16N4O4. The summed E-state index contributed by atoms with van der Waals surface area (Å²) in [4.78, 5) is 39.4. The molecular weight excluding hydrogens is 348 g/mol. The summed E-state index contributed by atoms with van der Waals surface area (Å²) in [6.45, 7) is 3.68. The van der Waals surface area contributed by atoms with Gasteiger partial charge < -0.3 is 0 Å². The molecule has 0 saturated heterocycles. The van der Waals surface area contributed by atoms with Gasteiger partial charge in [-0.3, -0.25) is 35.5 Å². The third-order valence-electron chi connectivity index (χ3n) is 3.95. The first-order valence-electron chi connectivity index (χ1n) is 8.08. The van der Waals surface area contributed by atoms with Crippen LogP contribution in [0.3, 0.4) is 0 Å². The molecule has 0 fully saturated rings. The number of benzene rings is 2. The summed E-state index contributed by atoms with van der Waals surface area (Å²) in [5, 5.41) is 11.5. The topological polar surface area (TPSA) is 114 Å². The number of aryl methyl sites for hydroxylation is 2. The van der Waals surface area contributed by atoms with Crippen molar-refractivity contribution in [1.29, 1.82) is 0 Å². The summed E-state index contributed by atoms with van der Waals surface area (Å²) >= 11 is 0. The molecule has 0 atom stereocenters. The largest absolute Gasteiger partial charge is 0.270 e. The van der Waals surface area contributed by atoms with Gasteiger partial charge in [0.1, 0.15) is 0 Å². The number of hydrazine groups is 1. The maximum Gasteiger partial charge on any atom is 0.270 e. The molecule has 0 saturated carbocycles. The molecule has 27 heavy (non-hydrogen) atoms. The van der Waals surface area contributed by atoms with E-state index in [1.165, 1.54) is 18.2 Å². The van der Waals surface area contributed by atoms with Crippen LogP contribution >= 0.6 is 0 Å². The number of rotatable bonds is 3. The number of nitrogens with zero attached hydrogens (tertiary/aromatic N) is 2. The van der Waals surface area contributed by atoms with Crippen LogP contribution in [0.2, 0.25) is 0 Å². The Bertz CT molecular complexity index is 1080. The number of pyridine rings is 1. The summed E-state index contributed by atoms with van der Waals surface area (Å²) in [5.41, 5.74) is 7.18. The van der Waals surface area contributed by atoms with Crippen molar-refractivity contribution >= 4 is 28.4 Å². The van der Waals surface area contributed by atoms with Gasteiger partial charge in [0.05, 0.1) is 16.0 Å². The SMILES string of the molecule is Cc1ccc2nc(C)cc(C(=O)NNC(=O)c3cccc([N+](=O)[O-])c3)c2c1. The fourth-order valence-electron chi connectivity index (χ4n) is 2.67. The lowest BCUT2D eigenvalue weighted by Gasteiger charge is -2.11. The molecule has 0 radical (unpaired) electrons. The van der Waals surface area contributed by atoms with Gasteiger partial charge in [-0.05, 0) is 38.1 Å². The van der Waals surface area contributed by atoms with E-state index in [0.717, 1.165) is 11.6 Å². The standard InChI is InChI=1S/C19H16N4O4/c1-11-6-7-17-15(8-11)16(9-12(2)20-17)19(25)22-21-18(24)13-4-3-5-14(10-13)23(26)27/h3-10H,1-2H3,(H,21,24)(H,22,25). The van der Waals surface area contributed by atoms with Gasteiger partial charge in [0, 0.05) is 28.8 Å². The second kappa shape index (κ2) is 7.20. The average molecular weight is 364 g/mol. The van der Waals surface area contributed by atoms with Crippen molar-refractivity contribution in [1.82, 2.24) is 15.8 Å². The highest BCUT2D eigenvalue weighted by Crippen LogP contribution is 2.20. The number of carbonyl (C=O) groups is 2. The van der Waals surface area contributed by atoms with E-state index in [9.17, 15) is 19.7 Å². The molecule has 0 bridgehead atoms. The van der Waals surface area contributed by atoms with Gasteiger partial charge in [0.15, 0.2) is 0 Å². The van der Waals surface area contributed by atoms with Crippen LogP contribution in [0.1, 0.15) is 32.0 Å². The Hall–Kier alpha value is -3.81. The first-order chi connectivity index (χ1) is 12.8. The number of hydrogen-bond donors (Lipinski definition) is 2. The summed E-state index contributed by atoms with van der Waals surface area (Å²) < 4.78 is 0. The second-order valence-corrected chi connectivity index (χ2v) is 6.05. The molecule has 0 aliphatic carbocycles. The lowest BCUT2D eigenvalue weighted by Crippen LogP contribution is -2.41. The van der Waals surface area contributed by atoms with Gasteiger partial charge in [-0.1, -0.05) is 17.7 Å².